The minimum atomic E-state index is -1.94. The normalized spacial score (nSPS) is 11.2. The minimum absolute atomic E-state index is 0.334. The number of rotatable bonds is 4. The van der Waals surface area contributed by atoms with Crippen molar-refractivity contribution in [1.29, 1.82) is 0 Å². The third-order valence-electron chi connectivity index (χ3n) is 2.32. The van der Waals surface area contributed by atoms with Crippen molar-refractivity contribution in [3.05, 3.63) is 35.4 Å². The van der Waals surface area contributed by atoms with E-state index in [-0.39, 0.29) is 12.2 Å². The molecular formula is C13H15FO2. The first-order valence-corrected chi connectivity index (χ1v) is 5.13. The van der Waals surface area contributed by atoms with Crippen molar-refractivity contribution < 1.29 is 14.0 Å². The maximum atomic E-state index is 13.2. The Labute approximate surface area is 94.5 Å². The highest BCUT2D eigenvalue weighted by Crippen LogP contribution is 2.15. The van der Waals surface area contributed by atoms with E-state index in [1.807, 2.05) is 13.0 Å². The second-order valence-electron chi connectivity index (χ2n) is 4.37. The number of Topliss-reactive ketones (excluding diaryl/α,β-unsaturated/α-hetero) is 2. The maximum Gasteiger partial charge on any atom is 0.177 e. The fraction of sp³-hybridized carbons (Fsp3) is 0.385. The van der Waals surface area contributed by atoms with Crippen molar-refractivity contribution in [2.75, 3.05) is 0 Å². The second kappa shape index (κ2) is 4.56. The predicted molar refractivity (Wildman–Crippen MR) is 60.3 cm³/mol. The summed E-state index contributed by atoms with van der Waals surface area (Å²) in [7, 11) is 0. The van der Waals surface area contributed by atoms with E-state index in [1.165, 1.54) is 13.8 Å². The summed E-state index contributed by atoms with van der Waals surface area (Å²) in [6.45, 7) is 4.19. The van der Waals surface area contributed by atoms with Gasteiger partial charge < -0.3 is 0 Å². The Balaban J connectivity index is 2.78. The molecule has 0 aliphatic carbocycles. The lowest BCUT2D eigenvalue weighted by Crippen LogP contribution is -2.28. The number of benzene rings is 1. The molecule has 0 atom stereocenters. The lowest BCUT2D eigenvalue weighted by molar-refractivity contribution is -0.127. The summed E-state index contributed by atoms with van der Waals surface area (Å²) in [5, 5.41) is 0. The molecule has 3 heteroatoms. The number of alkyl halides is 1. The van der Waals surface area contributed by atoms with Crippen LogP contribution in [0.25, 0.3) is 0 Å². The average Bonchev–Trinajstić information content (AvgIpc) is 2.16. The van der Waals surface area contributed by atoms with E-state index in [4.69, 9.17) is 0 Å². The second-order valence-corrected chi connectivity index (χ2v) is 4.37. The van der Waals surface area contributed by atoms with Crippen molar-refractivity contribution in [2.45, 2.75) is 32.9 Å². The number of carbonyl (C=O) groups excluding carboxylic acids is 2. The summed E-state index contributed by atoms with van der Waals surface area (Å²) in [6, 6.07) is 6.93. The Morgan fingerprint density at radius 3 is 2.44 bits per heavy atom. The Morgan fingerprint density at radius 1 is 1.31 bits per heavy atom. The van der Waals surface area contributed by atoms with Crippen LogP contribution in [0.4, 0.5) is 4.39 Å². The average molecular weight is 222 g/mol. The van der Waals surface area contributed by atoms with Gasteiger partial charge in [0, 0.05) is 5.56 Å². The Hall–Kier alpha value is -1.51. The van der Waals surface area contributed by atoms with E-state index in [1.54, 1.807) is 18.2 Å². The molecule has 0 amide bonds. The summed E-state index contributed by atoms with van der Waals surface area (Å²) >= 11 is 0. The molecule has 2 nitrogen and oxygen atoms in total. The molecule has 16 heavy (non-hydrogen) atoms. The summed E-state index contributed by atoms with van der Waals surface area (Å²) in [4.78, 5) is 23.0. The van der Waals surface area contributed by atoms with Crippen LogP contribution in [-0.4, -0.2) is 17.2 Å². The van der Waals surface area contributed by atoms with Crippen LogP contribution in [0.15, 0.2) is 24.3 Å². The van der Waals surface area contributed by atoms with Gasteiger partial charge in [-0.05, 0) is 26.8 Å². The number of carbonyl (C=O) groups is 2. The third-order valence-corrected chi connectivity index (χ3v) is 2.32. The fourth-order valence-electron chi connectivity index (χ4n) is 1.28. The first-order chi connectivity index (χ1) is 7.30. The minimum Gasteiger partial charge on any atom is -0.296 e. The Kier molecular flexibility index (Phi) is 3.58. The first kappa shape index (κ1) is 12.6. The van der Waals surface area contributed by atoms with Crippen LogP contribution >= 0.6 is 0 Å². The molecule has 0 N–H and O–H groups in total. The van der Waals surface area contributed by atoms with Crippen molar-refractivity contribution in [3.8, 4) is 0 Å². The molecule has 0 radical (unpaired) electrons. The van der Waals surface area contributed by atoms with Crippen LogP contribution in [-0.2, 0) is 4.79 Å². The highest BCUT2D eigenvalue weighted by Gasteiger charge is 2.28. The lowest BCUT2D eigenvalue weighted by Gasteiger charge is -2.11. The van der Waals surface area contributed by atoms with Gasteiger partial charge in [-0.15, -0.1) is 0 Å². The largest absolute Gasteiger partial charge is 0.296 e. The SMILES string of the molecule is Cc1cccc(C(=O)CC(=O)C(C)(C)F)c1. The van der Waals surface area contributed by atoms with Gasteiger partial charge in [0.1, 0.15) is 0 Å². The van der Waals surface area contributed by atoms with Crippen molar-refractivity contribution in [3.63, 3.8) is 0 Å². The zero-order valence-electron chi connectivity index (χ0n) is 9.71. The zero-order valence-corrected chi connectivity index (χ0v) is 9.71. The maximum absolute atomic E-state index is 13.2. The molecule has 0 unspecified atom stereocenters. The number of halogens is 1. The Morgan fingerprint density at radius 2 is 1.94 bits per heavy atom. The molecule has 86 valence electrons. The Bertz CT molecular complexity index is 416. The zero-order chi connectivity index (χ0) is 12.3. The number of aryl methyl sites for hydroxylation is 1. The molecular weight excluding hydrogens is 207 g/mol. The van der Waals surface area contributed by atoms with E-state index >= 15 is 0 Å². The molecule has 0 bridgehead atoms. The van der Waals surface area contributed by atoms with Gasteiger partial charge in [-0.2, -0.15) is 0 Å². The topological polar surface area (TPSA) is 34.1 Å². The van der Waals surface area contributed by atoms with Gasteiger partial charge in [0.25, 0.3) is 0 Å². The smallest absolute Gasteiger partial charge is 0.177 e. The highest BCUT2D eigenvalue weighted by atomic mass is 19.1. The number of hydrogen-bond acceptors (Lipinski definition) is 2. The van der Waals surface area contributed by atoms with E-state index in [2.05, 4.69) is 0 Å². The predicted octanol–water partition coefficient (Wildman–Crippen LogP) is 2.89. The number of hydrogen-bond donors (Lipinski definition) is 0. The van der Waals surface area contributed by atoms with Crippen LogP contribution in [0.3, 0.4) is 0 Å². The van der Waals surface area contributed by atoms with E-state index in [0.717, 1.165) is 5.56 Å². The van der Waals surface area contributed by atoms with Gasteiger partial charge in [0.15, 0.2) is 17.2 Å². The molecule has 0 aromatic heterocycles. The molecule has 0 aliphatic rings. The summed E-state index contributed by atoms with van der Waals surface area (Å²) < 4.78 is 13.2. The molecule has 1 rings (SSSR count). The first-order valence-electron chi connectivity index (χ1n) is 5.13. The highest BCUT2D eigenvalue weighted by molar-refractivity contribution is 6.10. The van der Waals surface area contributed by atoms with E-state index < -0.39 is 11.5 Å². The van der Waals surface area contributed by atoms with Gasteiger partial charge in [-0.1, -0.05) is 23.8 Å². The quantitative estimate of drug-likeness (QED) is 0.580. The molecule has 0 heterocycles. The van der Waals surface area contributed by atoms with Gasteiger partial charge in [0.05, 0.1) is 6.42 Å². The van der Waals surface area contributed by atoms with Gasteiger partial charge >= 0.3 is 0 Å². The molecule has 0 spiro atoms. The van der Waals surface area contributed by atoms with Gasteiger partial charge in [0.2, 0.25) is 0 Å². The summed E-state index contributed by atoms with van der Waals surface area (Å²) in [5.74, 6) is -1.02. The monoisotopic (exact) mass is 222 g/mol. The standard InChI is InChI=1S/C13H15FO2/c1-9-5-4-6-10(7-9)11(15)8-12(16)13(2,3)14/h4-7H,8H2,1-3H3. The van der Waals surface area contributed by atoms with Crippen molar-refractivity contribution >= 4 is 11.6 Å². The van der Waals surface area contributed by atoms with Gasteiger partial charge in [-0.25, -0.2) is 4.39 Å². The van der Waals surface area contributed by atoms with Crippen LogP contribution in [0.2, 0.25) is 0 Å². The fourth-order valence-corrected chi connectivity index (χ4v) is 1.28. The van der Waals surface area contributed by atoms with E-state index in [0.29, 0.717) is 5.56 Å². The number of ketones is 2. The molecule has 0 saturated heterocycles. The molecule has 0 aliphatic heterocycles. The van der Waals surface area contributed by atoms with E-state index in [9.17, 15) is 14.0 Å². The molecule has 0 fully saturated rings. The lowest BCUT2D eigenvalue weighted by atomic mass is 9.97. The van der Waals surface area contributed by atoms with Crippen molar-refractivity contribution in [2.24, 2.45) is 0 Å². The molecule has 1 aromatic rings. The van der Waals surface area contributed by atoms with Crippen LogP contribution < -0.4 is 0 Å². The summed E-state index contributed by atoms with van der Waals surface area (Å²) in [5.41, 5.74) is -0.546. The third kappa shape index (κ3) is 3.26. The van der Waals surface area contributed by atoms with Gasteiger partial charge in [-0.3, -0.25) is 9.59 Å². The van der Waals surface area contributed by atoms with Crippen molar-refractivity contribution in [1.82, 2.24) is 0 Å². The van der Waals surface area contributed by atoms with Crippen LogP contribution in [0.5, 0.6) is 0 Å². The van der Waals surface area contributed by atoms with Crippen LogP contribution in [0, 0.1) is 6.92 Å². The summed E-state index contributed by atoms with van der Waals surface area (Å²) in [6.07, 6.45) is -0.382. The van der Waals surface area contributed by atoms with Crippen LogP contribution in [0.1, 0.15) is 36.2 Å². The molecule has 0 saturated carbocycles. The molecule has 1 aromatic carbocycles.